The van der Waals surface area contributed by atoms with Gasteiger partial charge < -0.3 is 5.32 Å². The van der Waals surface area contributed by atoms with E-state index in [4.69, 9.17) is 23.2 Å². The minimum Gasteiger partial charge on any atom is -0.307 e. The van der Waals surface area contributed by atoms with Gasteiger partial charge in [-0.15, -0.1) is 5.10 Å². The van der Waals surface area contributed by atoms with Gasteiger partial charge in [0.05, 0.1) is 28.5 Å². The summed E-state index contributed by atoms with van der Waals surface area (Å²) in [4.78, 5) is 12.7. The van der Waals surface area contributed by atoms with Crippen LogP contribution in [-0.2, 0) is 6.54 Å². The van der Waals surface area contributed by atoms with Crippen molar-refractivity contribution in [1.82, 2.24) is 30.0 Å². The Labute approximate surface area is 169 Å². The van der Waals surface area contributed by atoms with E-state index in [1.54, 1.807) is 47.3 Å². The quantitative estimate of drug-likeness (QED) is 0.540. The number of nitrogens with zero attached hydrogens (tertiary/aromatic N) is 6. The second kappa shape index (κ2) is 7.79. The van der Waals surface area contributed by atoms with Crippen LogP contribution >= 0.6 is 23.2 Å². The molecule has 0 unspecified atom stereocenters. The molecule has 0 saturated heterocycles. The lowest BCUT2D eigenvalue weighted by molar-refractivity contribution is 0.102. The number of rotatable bonds is 5. The molecule has 2 aromatic heterocycles. The summed E-state index contributed by atoms with van der Waals surface area (Å²) in [6, 6.07) is 14.1. The van der Waals surface area contributed by atoms with Crippen molar-refractivity contribution in [1.29, 1.82) is 0 Å². The lowest BCUT2D eigenvalue weighted by Gasteiger charge is -2.11. The van der Waals surface area contributed by atoms with Crippen molar-refractivity contribution in [2.45, 2.75) is 6.54 Å². The summed E-state index contributed by atoms with van der Waals surface area (Å²) in [6.07, 6.45) is 3.06. The lowest BCUT2D eigenvalue weighted by atomic mass is 10.2. The van der Waals surface area contributed by atoms with Crippen molar-refractivity contribution in [3.8, 4) is 5.69 Å². The van der Waals surface area contributed by atoms with E-state index in [1.165, 1.54) is 11.0 Å². The molecule has 0 saturated carbocycles. The summed E-state index contributed by atoms with van der Waals surface area (Å²) in [7, 11) is 0. The molecule has 4 aromatic rings. The Morgan fingerprint density at radius 1 is 1.11 bits per heavy atom. The highest BCUT2D eigenvalue weighted by Crippen LogP contribution is 2.26. The molecule has 28 heavy (non-hydrogen) atoms. The van der Waals surface area contributed by atoms with Crippen molar-refractivity contribution in [3.05, 3.63) is 82.2 Å². The van der Waals surface area contributed by atoms with Crippen LogP contribution in [0.15, 0.2) is 61.1 Å². The van der Waals surface area contributed by atoms with E-state index >= 15 is 0 Å². The highest BCUT2D eigenvalue weighted by Gasteiger charge is 2.13. The lowest BCUT2D eigenvalue weighted by Crippen LogP contribution is -2.16. The van der Waals surface area contributed by atoms with E-state index in [0.717, 1.165) is 5.56 Å². The van der Waals surface area contributed by atoms with Crippen LogP contribution in [0.2, 0.25) is 10.0 Å². The van der Waals surface area contributed by atoms with E-state index in [1.807, 2.05) is 12.1 Å². The maximum absolute atomic E-state index is 12.7. The first kappa shape index (κ1) is 18.1. The first-order chi connectivity index (χ1) is 13.6. The first-order valence-corrected chi connectivity index (χ1v) is 8.97. The largest absolute Gasteiger partial charge is 0.307 e. The molecular formula is C18H13Cl2N7O. The molecule has 0 fully saturated rings. The maximum Gasteiger partial charge on any atom is 0.256 e. The minimum atomic E-state index is -0.283. The summed E-state index contributed by atoms with van der Waals surface area (Å²) < 4.78 is 3.11. The van der Waals surface area contributed by atoms with Gasteiger partial charge in [0.2, 0.25) is 0 Å². The van der Waals surface area contributed by atoms with E-state index in [9.17, 15) is 4.79 Å². The summed E-state index contributed by atoms with van der Waals surface area (Å²) in [5.74, 6) is 0.253. The predicted octanol–water partition coefficient (Wildman–Crippen LogP) is 3.47. The molecule has 4 rings (SSSR count). The zero-order chi connectivity index (χ0) is 19.5. The molecule has 0 radical (unpaired) electrons. The number of anilines is 1. The molecule has 140 valence electrons. The normalized spacial score (nSPS) is 10.8. The van der Waals surface area contributed by atoms with Crippen LogP contribution in [0.3, 0.4) is 0 Å². The molecular weight excluding hydrogens is 401 g/mol. The summed E-state index contributed by atoms with van der Waals surface area (Å²) in [5.41, 5.74) is 1.94. The molecule has 0 atom stereocenters. The van der Waals surface area contributed by atoms with Crippen molar-refractivity contribution in [2.75, 3.05) is 5.32 Å². The Morgan fingerprint density at radius 2 is 1.96 bits per heavy atom. The summed E-state index contributed by atoms with van der Waals surface area (Å²) in [5, 5.41) is 19.1. The maximum atomic E-state index is 12.7. The molecule has 2 heterocycles. The highest BCUT2D eigenvalue weighted by atomic mass is 35.5. The van der Waals surface area contributed by atoms with Crippen LogP contribution in [0.1, 0.15) is 15.9 Å². The van der Waals surface area contributed by atoms with Crippen LogP contribution < -0.4 is 5.32 Å². The number of amides is 1. The average Bonchev–Trinajstić information content (AvgIpc) is 3.38. The number of aromatic nitrogens is 6. The van der Waals surface area contributed by atoms with E-state index in [-0.39, 0.29) is 5.91 Å². The molecule has 2 aromatic carbocycles. The van der Waals surface area contributed by atoms with Crippen molar-refractivity contribution in [2.24, 2.45) is 0 Å². The number of tetrazole rings is 1. The van der Waals surface area contributed by atoms with Gasteiger partial charge in [-0.3, -0.25) is 4.79 Å². The van der Waals surface area contributed by atoms with Gasteiger partial charge in [0.1, 0.15) is 12.1 Å². The van der Waals surface area contributed by atoms with Crippen LogP contribution in [-0.4, -0.2) is 35.9 Å². The molecule has 0 bridgehead atoms. The van der Waals surface area contributed by atoms with Crippen LogP contribution in [0.5, 0.6) is 0 Å². The molecule has 1 N–H and O–H groups in total. The van der Waals surface area contributed by atoms with Crippen LogP contribution in [0, 0.1) is 0 Å². The van der Waals surface area contributed by atoms with E-state index < -0.39 is 0 Å². The van der Waals surface area contributed by atoms with Crippen LogP contribution in [0.4, 0.5) is 5.82 Å². The average molecular weight is 414 g/mol. The van der Waals surface area contributed by atoms with Gasteiger partial charge >= 0.3 is 0 Å². The third kappa shape index (κ3) is 3.73. The number of halogens is 2. The predicted molar refractivity (Wildman–Crippen MR) is 105 cm³/mol. The van der Waals surface area contributed by atoms with Gasteiger partial charge in [0.15, 0.2) is 0 Å². The van der Waals surface area contributed by atoms with Gasteiger partial charge in [-0.1, -0.05) is 41.4 Å². The number of carbonyl (C=O) groups is 1. The molecule has 1 amide bonds. The Hall–Kier alpha value is -3.23. The number of hydrogen-bond acceptors (Lipinski definition) is 5. The molecule has 0 aliphatic rings. The van der Waals surface area contributed by atoms with Gasteiger partial charge in [0, 0.05) is 11.6 Å². The first-order valence-electron chi connectivity index (χ1n) is 8.21. The van der Waals surface area contributed by atoms with Gasteiger partial charge in [-0.2, -0.15) is 5.10 Å². The Bertz CT molecular complexity index is 1120. The van der Waals surface area contributed by atoms with E-state index in [2.05, 4.69) is 25.9 Å². The van der Waals surface area contributed by atoms with Gasteiger partial charge in [-0.25, -0.2) is 9.36 Å². The smallest absolute Gasteiger partial charge is 0.256 e. The zero-order valence-corrected chi connectivity index (χ0v) is 15.8. The van der Waals surface area contributed by atoms with Gasteiger partial charge in [-0.05, 0) is 40.3 Å². The molecule has 0 aliphatic carbocycles. The SMILES string of the molecule is O=C(Nc1ccnn1Cc1cccc(Cl)c1Cl)c1cccc(-n2cnnn2)c1. The number of carbonyl (C=O) groups excluding carboxylic acids is 1. The number of hydrogen-bond donors (Lipinski definition) is 1. The molecule has 0 aliphatic heterocycles. The molecule has 10 heteroatoms. The second-order valence-corrected chi connectivity index (χ2v) is 6.63. The zero-order valence-electron chi connectivity index (χ0n) is 14.3. The van der Waals surface area contributed by atoms with Crippen molar-refractivity contribution < 1.29 is 4.79 Å². The highest BCUT2D eigenvalue weighted by molar-refractivity contribution is 6.42. The summed E-state index contributed by atoms with van der Waals surface area (Å²) in [6.45, 7) is 0.368. The van der Waals surface area contributed by atoms with Crippen molar-refractivity contribution in [3.63, 3.8) is 0 Å². The fourth-order valence-electron chi connectivity index (χ4n) is 2.65. The van der Waals surface area contributed by atoms with Gasteiger partial charge in [0.25, 0.3) is 5.91 Å². The summed E-state index contributed by atoms with van der Waals surface area (Å²) >= 11 is 12.3. The molecule has 8 nitrogen and oxygen atoms in total. The topological polar surface area (TPSA) is 90.5 Å². The minimum absolute atomic E-state index is 0.283. The Balaban J connectivity index is 1.54. The van der Waals surface area contributed by atoms with Crippen LogP contribution in [0.25, 0.3) is 5.69 Å². The number of nitrogens with one attached hydrogen (secondary N) is 1. The third-order valence-corrected chi connectivity index (χ3v) is 4.89. The standard InChI is InChI=1S/C18H13Cl2N7O/c19-15-6-2-4-13(17(15)20)10-26-16(7-8-22-26)23-18(28)12-3-1-5-14(9-12)27-11-21-24-25-27/h1-9,11H,10H2,(H,23,28). The van der Waals surface area contributed by atoms with Crippen molar-refractivity contribution >= 4 is 34.9 Å². The second-order valence-electron chi connectivity index (χ2n) is 5.85. The Morgan fingerprint density at radius 3 is 2.79 bits per heavy atom. The Kier molecular flexibility index (Phi) is 5.05. The fraction of sp³-hybridized carbons (Fsp3) is 0.0556. The number of benzene rings is 2. The molecule has 0 spiro atoms. The fourth-order valence-corrected chi connectivity index (χ4v) is 3.03. The third-order valence-electron chi connectivity index (χ3n) is 4.03. The van der Waals surface area contributed by atoms with E-state index in [0.29, 0.717) is 33.7 Å². The monoisotopic (exact) mass is 413 g/mol.